The molecule has 1 N–H and O–H groups in total. The number of nitrogens with zero attached hydrogens (tertiary/aromatic N) is 1. The first-order chi connectivity index (χ1) is 8.86. The molecule has 1 rings (SSSR count). The first kappa shape index (κ1) is 15.4. The molecule has 0 amide bonds. The van der Waals surface area contributed by atoms with Crippen molar-refractivity contribution >= 4 is 16.8 Å². The summed E-state index contributed by atoms with van der Waals surface area (Å²) in [5.41, 5.74) is 2.23. The van der Waals surface area contributed by atoms with Crippen LogP contribution in [0.15, 0.2) is 18.2 Å². The fourth-order valence-corrected chi connectivity index (χ4v) is 3.51. The van der Waals surface area contributed by atoms with Crippen LogP contribution < -0.4 is 0 Å². The van der Waals surface area contributed by atoms with Gasteiger partial charge < -0.3 is 5.11 Å². The average molecular weight is 279 g/mol. The Kier molecular flexibility index (Phi) is 5.25. The Morgan fingerprint density at radius 1 is 1.47 bits per heavy atom. The number of carboxylic acid groups (broad SMARTS) is 1. The summed E-state index contributed by atoms with van der Waals surface area (Å²) in [7, 11) is -1.47. The topological polar surface area (TPSA) is 78.2 Å². The van der Waals surface area contributed by atoms with Crippen molar-refractivity contribution in [2.24, 2.45) is 5.92 Å². The Labute approximate surface area is 115 Å². The molecule has 4 nitrogen and oxygen atoms in total. The summed E-state index contributed by atoms with van der Waals surface area (Å²) >= 11 is 0. The molecule has 0 radical (unpaired) electrons. The van der Waals surface area contributed by atoms with Gasteiger partial charge in [-0.2, -0.15) is 5.26 Å². The standard InChI is InChI=1S/C14H17NO3S/c1-9(2)13(14(16)17)19(18)8-12-5-4-11(7-15)6-10(12)3/h4-6,9,13H,8H2,1-3H3,(H,16,17). The third-order valence-corrected chi connectivity index (χ3v) is 4.81. The fourth-order valence-electron chi connectivity index (χ4n) is 1.87. The molecule has 102 valence electrons. The van der Waals surface area contributed by atoms with E-state index in [0.717, 1.165) is 11.1 Å². The van der Waals surface area contributed by atoms with Crippen LogP contribution in [0.2, 0.25) is 0 Å². The van der Waals surface area contributed by atoms with Crippen molar-refractivity contribution in [1.29, 1.82) is 5.26 Å². The molecule has 0 aliphatic carbocycles. The summed E-state index contributed by atoms with van der Waals surface area (Å²) in [5.74, 6) is -1.01. The number of nitriles is 1. The molecular formula is C14H17NO3S. The molecule has 0 aromatic heterocycles. The zero-order valence-electron chi connectivity index (χ0n) is 11.2. The van der Waals surface area contributed by atoms with Gasteiger partial charge in [0.2, 0.25) is 0 Å². The summed E-state index contributed by atoms with van der Waals surface area (Å²) in [4.78, 5) is 11.1. The Balaban J connectivity index is 2.94. The lowest BCUT2D eigenvalue weighted by Gasteiger charge is -2.16. The van der Waals surface area contributed by atoms with E-state index in [-0.39, 0.29) is 11.7 Å². The van der Waals surface area contributed by atoms with Gasteiger partial charge in [-0.25, -0.2) is 0 Å². The molecule has 1 aromatic carbocycles. The van der Waals surface area contributed by atoms with E-state index < -0.39 is 22.0 Å². The second-order valence-corrected chi connectivity index (χ2v) is 6.34. The quantitative estimate of drug-likeness (QED) is 0.896. The highest BCUT2D eigenvalue weighted by Crippen LogP contribution is 2.18. The molecule has 0 aliphatic rings. The Hall–Kier alpha value is -1.67. The molecule has 0 spiro atoms. The molecular weight excluding hydrogens is 262 g/mol. The lowest BCUT2D eigenvalue weighted by molar-refractivity contribution is -0.137. The summed E-state index contributed by atoms with van der Waals surface area (Å²) in [6.45, 7) is 5.34. The molecule has 0 saturated carbocycles. The number of carbonyl (C=O) groups is 1. The number of aliphatic carboxylic acids is 1. The second kappa shape index (κ2) is 6.48. The zero-order valence-corrected chi connectivity index (χ0v) is 12.0. The lowest BCUT2D eigenvalue weighted by Crippen LogP contribution is -2.31. The molecule has 0 fully saturated rings. The number of rotatable bonds is 5. The van der Waals surface area contributed by atoms with E-state index in [1.807, 2.05) is 13.0 Å². The van der Waals surface area contributed by atoms with Crippen LogP contribution in [0.1, 0.15) is 30.5 Å². The van der Waals surface area contributed by atoms with Crippen LogP contribution in [0.3, 0.4) is 0 Å². The third kappa shape index (κ3) is 3.90. The molecule has 5 heteroatoms. The SMILES string of the molecule is Cc1cc(C#N)ccc1CS(=O)C(C(=O)O)C(C)C. The van der Waals surface area contributed by atoms with Gasteiger partial charge in [0.15, 0.2) is 0 Å². The van der Waals surface area contributed by atoms with E-state index in [2.05, 4.69) is 0 Å². The Morgan fingerprint density at radius 3 is 2.53 bits per heavy atom. The highest BCUT2D eigenvalue weighted by atomic mass is 32.2. The Morgan fingerprint density at radius 2 is 2.11 bits per heavy atom. The first-order valence-corrected chi connectivity index (χ1v) is 7.34. The first-order valence-electron chi connectivity index (χ1n) is 5.96. The summed E-state index contributed by atoms with van der Waals surface area (Å²) in [6, 6.07) is 7.16. The average Bonchev–Trinajstić information content (AvgIpc) is 2.30. The molecule has 0 aliphatic heterocycles. The van der Waals surface area contributed by atoms with E-state index in [4.69, 9.17) is 10.4 Å². The monoisotopic (exact) mass is 279 g/mol. The van der Waals surface area contributed by atoms with Crippen LogP contribution in [0.25, 0.3) is 0 Å². The maximum absolute atomic E-state index is 12.2. The molecule has 1 aromatic rings. The minimum absolute atomic E-state index is 0.183. The smallest absolute Gasteiger partial charge is 0.319 e. The van der Waals surface area contributed by atoms with Gasteiger partial charge in [-0.05, 0) is 36.1 Å². The molecule has 0 bridgehead atoms. The molecule has 2 unspecified atom stereocenters. The number of carboxylic acids is 1. The van der Waals surface area contributed by atoms with Crippen LogP contribution in [0.4, 0.5) is 0 Å². The normalized spacial score (nSPS) is 13.8. The van der Waals surface area contributed by atoms with Crippen molar-refractivity contribution in [3.05, 3.63) is 34.9 Å². The van der Waals surface area contributed by atoms with Gasteiger partial charge in [-0.15, -0.1) is 0 Å². The predicted octanol–water partition coefficient (Wildman–Crippen LogP) is 2.22. The van der Waals surface area contributed by atoms with Crippen molar-refractivity contribution in [2.45, 2.75) is 31.8 Å². The van der Waals surface area contributed by atoms with E-state index in [9.17, 15) is 9.00 Å². The second-order valence-electron chi connectivity index (χ2n) is 4.78. The maximum atomic E-state index is 12.2. The third-order valence-electron chi connectivity index (χ3n) is 2.90. The van der Waals surface area contributed by atoms with Crippen molar-refractivity contribution in [2.75, 3.05) is 0 Å². The van der Waals surface area contributed by atoms with E-state index >= 15 is 0 Å². The minimum Gasteiger partial charge on any atom is -0.480 e. The van der Waals surface area contributed by atoms with Gasteiger partial charge in [0, 0.05) is 16.6 Å². The van der Waals surface area contributed by atoms with E-state index in [1.54, 1.807) is 32.0 Å². The van der Waals surface area contributed by atoms with Gasteiger partial charge in [0.1, 0.15) is 5.25 Å². The van der Waals surface area contributed by atoms with Crippen molar-refractivity contribution in [3.8, 4) is 6.07 Å². The minimum atomic E-state index is -1.47. The van der Waals surface area contributed by atoms with Crippen molar-refractivity contribution in [3.63, 3.8) is 0 Å². The van der Waals surface area contributed by atoms with Crippen LogP contribution >= 0.6 is 0 Å². The number of benzene rings is 1. The van der Waals surface area contributed by atoms with Gasteiger partial charge in [-0.3, -0.25) is 9.00 Å². The molecule has 19 heavy (non-hydrogen) atoms. The summed E-state index contributed by atoms with van der Waals surface area (Å²) in [5, 5.41) is 17.0. The largest absolute Gasteiger partial charge is 0.480 e. The summed E-state index contributed by atoms with van der Waals surface area (Å²) in [6.07, 6.45) is 0. The van der Waals surface area contributed by atoms with Gasteiger partial charge >= 0.3 is 5.97 Å². The zero-order chi connectivity index (χ0) is 14.6. The highest BCUT2D eigenvalue weighted by Gasteiger charge is 2.28. The molecule has 2 atom stereocenters. The van der Waals surface area contributed by atoms with Gasteiger partial charge in [0.05, 0.1) is 11.6 Å². The van der Waals surface area contributed by atoms with Crippen molar-refractivity contribution < 1.29 is 14.1 Å². The van der Waals surface area contributed by atoms with Gasteiger partial charge in [0.25, 0.3) is 0 Å². The van der Waals surface area contributed by atoms with Crippen LogP contribution in [-0.2, 0) is 21.3 Å². The van der Waals surface area contributed by atoms with E-state index in [0.29, 0.717) is 5.56 Å². The fraction of sp³-hybridized carbons (Fsp3) is 0.429. The van der Waals surface area contributed by atoms with Crippen LogP contribution in [0, 0.1) is 24.2 Å². The Bertz CT molecular complexity index is 546. The molecule has 0 saturated heterocycles. The van der Waals surface area contributed by atoms with Crippen LogP contribution in [-0.4, -0.2) is 20.5 Å². The number of hydrogen-bond donors (Lipinski definition) is 1. The summed E-state index contributed by atoms with van der Waals surface area (Å²) < 4.78 is 12.2. The number of aryl methyl sites for hydroxylation is 1. The lowest BCUT2D eigenvalue weighted by atomic mass is 10.1. The van der Waals surface area contributed by atoms with E-state index in [1.165, 1.54) is 0 Å². The van der Waals surface area contributed by atoms with Gasteiger partial charge in [-0.1, -0.05) is 19.9 Å². The van der Waals surface area contributed by atoms with Crippen LogP contribution in [0.5, 0.6) is 0 Å². The number of hydrogen-bond acceptors (Lipinski definition) is 3. The van der Waals surface area contributed by atoms with Crippen molar-refractivity contribution in [1.82, 2.24) is 0 Å². The molecule has 0 heterocycles. The predicted molar refractivity (Wildman–Crippen MR) is 74.0 cm³/mol. The highest BCUT2D eigenvalue weighted by molar-refractivity contribution is 7.85. The maximum Gasteiger partial charge on any atom is 0.319 e.